The van der Waals surface area contributed by atoms with Crippen molar-refractivity contribution in [2.75, 3.05) is 11.4 Å². The second-order valence-electron chi connectivity index (χ2n) is 4.24. The summed E-state index contributed by atoms with van der Waals surface area (Å²) >= 11 is 6.97. The lowest BCUT2D eigenvalue weighted by Crippen LogP contribution is -2.37. The molecule has 1 aromatic rings. The van der Waals surface area contributed by atoms with E-state index in [2.05, 4.69) is 50.6 Å². The molecule has 0 saturated carbocycles. The van der Waals surface area contributed by atoms with E-state index in [0.717, 1.165) is 26.7 Å². The van der Waals surface area contributed by atoms with Crippen LogP contribution in [-0.2, 0) is 0 Å². The lowest BCUT2D eigenvalue weighted by Gasteiger charge is -2.34. The van der Waals surface area contributed by atoms with E-state index in [9.17, 15) is 4.79 Å². The van der Waals surface area contributed by atoms with Crippen LogP contribution in [0.1, 0.15) is 30.6 Å². The topological polar surface area (TPSA) is 20.3 Å². The summed E-state index contributed by atoms with van der Waals surface area (Å²) < 4.78 is 1.93. The van der Waals surface area contributed by atoms with Crippen LogP contribution in [0.4, 0.5) is 5.69 Å². The zero-order valence-electron chi connectivity index (χ0n) is 9.26. The molecule has 0 saturated heterocycles. The average molecular weight is 347 g/mol. The Labute approximate surface area is 112 Å². The van der Waals surface area contributed by atoms with E-state index in [-0.39, 0.29) is 5.78 Å². The van der Waals surface area contributed by atoms with Crippen molar-refractivity contribution >= 4 is 43.3 Å². The minimum Gasteiger partial charge on any atom is -0.367 e. The second-order valence-corrected chi connectivity index (χ2v) is 6.01. The summed E-state index contributed by atoms with van der Waals surface area (Å²) in [6.07, 6.45) is 0.605. The van der Waals surface area contributed by atoms with Crippen LogP contribution in [0.3, 0.4) is 0 Å². The van der Waals surface area contributed by atoms with Crippen LogP contribution < -0.4 is 4.90 Å². The number of Topliss-reactive ketones (excluding diaryl/α,β-unsaturated/α-hetero) is 1. The Morgan fingerprint density at radius 2 is 2.00 bits per heavy atom. The van der Waals surface area contributed by atoms with Crippen molar-refractivity contribution in [3.8, 4) is 0 Å². The third kappa shape index (κ3) is 2.05. The molecule has 86 valence electrons. The average Bonchev–Trinajstić information content (AvgIpc) is 2.19. The SMILES string of the molecule is CC(C)N1CCC(=O)c2cc(Br)cc(Br)c21. The zero-order valence-corrected chi connectivity index (χ0v) is 12.4. The summed E-state index contributed by atoms with van der Waals surface area (Å²) in [6.45, 7) is 5.10. The quantitative estimate of drug-likeness (QED) is 0.765. The molecule has 1 heterocycles. The number of nitrogens with zero attached hydrogens (tertiary/aromatic N) is 1. The number of carbonyl (C=O) groups excluding carboxylic acids is 1. The summed E-state index contributed by atoms with van der Waals surface area (Å²) in [5.74, 6) is 0.230. The standard InChI is InChI=1S/C12H13Br2NO/c1-7(2)15-4-3-11(16)9-5-8(13)6-10(14)12(9)15/h5-7H,3-4H2,1-2H3. The summed E-state index contributed by atoms with van der Waals surface area (Å²) in [4.78, 5) is 14.2. The Kier molecular flexibility index (Phi) is 3.40. The largest absolute Gasteiger partial charge is 0.367 e. The van der Waals surface area contributed by atoms with Gasteiger partial charge in [-0.25, -0.2) is 0 Å². The molecule has 2 rings (SSSR count). The smallest absolute Gasteiger partial charge is 0.166 e. The van der Waals surface area contributed by atoms with E-state index in [1.165, 1.54) is 0 Å². The highest BCUT2D eigenvalue weighted by Gasteiger charge is 2.27. The van der Waals surface area contributed by atoms with Crippen LogP contribution >= 0.6 is 31.9 Å². The molecule has 0 fully saturated rings. The maximum absolute atomic E-state index is 11.9. The molecule has 0 N–H and O–H groups in total. The second kappa shape index (κ2) is 4.49. The number of hydrogen-bond donors (Lipinski definition) is 0. The number of anilines is 1. The zero-order chi connectivity index (χ0) is 11.9. The predicted octanol–water partition coefficient (Wildman–Crippen LogP) is 4.01. The minimum atomic E-state index is 0.230. The van der Waals surface area contributed by atoms with Crippen molar-refractivity contribution in [2.45, 2.75) is 26.3 Å². The molecule has 0 spiro atoms. The van der Waals surface area contributed by atoms with Gasteiger partial charge in [0.2, 0.25) is 0 Å². The summed E-state index contributed by atoms with van der Waals surface area (Å²) in [5, 5.41) is 0. The van der Waals surface area contributed by atoms with Gasteiger partial charge in [0.05, 0.1) is 5.69 Å². The fourth-order valence-electron chi connectivity index (χ4n) is 2.06. The molecule has 2 nitrogen and oxygen atoms in total. The molecular weight excluding hydrogens is 334 g/mol. The van der Waals surface area contributed by atoms with Gasteiger partial charge in [-0.1, -0.05) is 15.9 Å². The molecule has 1 aromatic carbocycles. The van der Waals surface area contributed by atoms with Crippen molar-refractivity contribution < 1.29 is 4.79 Å². The maximum atomic E-state index is 11.9. The molecule has 0 aromatic heterocycles. The number of halogens is 2. The molecule has 0 unspecified atom stereocenters. The first-order valence-electron chi connectivity index (χ1n) is 5.29. The number of ketones is 1. The number of hydrogen-bond acceptors (Lipinski definition) is 2. The molecule has 0 bridgehead atoms. The Morgan fingerprint density at radius 3 is 2.62 bits per heavy atom. The highest BCUT2D eigenvalue weighted by molar-refractivity contribution is 9.11. The van der Waals surface area contributed by atoms with Gasteiger partial charge in [-0.2, -0.15) is 0 Å². The van der Waals surface area contributed by atoms with Crippen molar-refractivity contribution in [1.82, 2.24) is 0 Å². The normalized spacial score (nSPS) is 15.6. The van der Waals surface area contributed by atoms with Gasteiger partial charge in [0.1, 0.15) is 0 Å². The molecule has 4 heteroatoms. The van der Waals surface area contributed by atoms with Gasteiger partial charge < -0.3 is 4.90 Å². The number of carbonyl (C=O) groups is 1. The van der Waals surface area contributed by atoms with E-state index < -0.39 is 0 Å². The van der Waals surface area contributed by atoms with Gasteiger partial charge in [-0.05, 0) is 41.9 Å². The lowest BCUT2D eigenvalue weighted by atomic mass is 9.99. The van der Waals surface area contributed by atoms with Gasteiger partial charge in [0.25, 0.3) is 0 Å². The van der Waals surface area contributed by atoms with Crippen LogP contribution in [0.5, 0.6) is 0 Å². The number of rotatable bonds is 1. The van der Waals surface area contributed by atoms with Gasteiger partial charge >= 0.3 is 0 Å². The van der Waals surface area contributed by atoms with Crippen molar-refractivity contribution in [3.05, 3.63) is 26.6 Å². The molecule has 1 aliphatic rings. The molecule has 1 aliphatic heterocycles. The summed E-state index contributed by atoms with van der Waals surface area (Å²) in [6, 6.07) is 4.31. The highest BCUT2D eigenvalue weighted by Crippen LogP contribution is 2.37. The molecule has 0 aliphatic carbocycles. The maximum Gasteiger partial charge on any atom is 0.166 e. The third-order valence-electron chi connectivity index (χ3n) is 2.82. The van der Waals surface area contributed by atoms with E-state index in [0.29, 0.717) is 12.5 Å². The van der Waals surface area contributed by atoms with Crippen molar-refractivity contribution in [2.24, 2.45) is 0 Å². The summed E-state index contributed by atoms with van der Waals surface area (Å²) in [5.41, 5.74) is 1.86. The highest BCUT2D eigenvalue weighted by atomic mass is 79.9. The monoisotopic (exact) mass is 345 g/mol. The van der Waals surface area contributed by atoms with Crippen LogP contribution in [0.25, 0.3) is 0 Å². The Morgan fingerprint density at radius 1 is 1.31 bits per heavy atom. The van der Waals surface area contributed by atoms with Crippen LogP contribution in [0.15, 0.2) is 21.1 Å². The fourth-order valence-corrected chi connectivity index (χ4v) is 3.51. The first kappa shape index (κ1) is 12.1. The molecule has 0 amide bonds. The van der Waals surface area contributed by atoms with Gasteiger partial charge in [-0.15, -0.1) is 0 Å². The number of benzene rings is 1. The first-order valence-corrected chi connectivity index (χ1v) is 6.88. The van der Waals surface area contributed by atoms with Gasteiger partial charge in [0.15, 0.2) is 5.78 Å². The van der Waals surface area contributed by atoms with E-state index in [4.69, 9.17) is 0 Å². The fraction of sp³-hybridized carbons (Fsp3) is 0.417. The van der Waals surface area contributed by atoms with E-state index in [1.807, 2.05) is 12.1 Å². The Hall–Kier alpha value is -0.350. The number of fused-ring (bicyclic) bond motifs is 1. The molecule has 0 radical (unpaired) electrons. The molecular formula is C12H13Br2NO. The van der Waals surface area contributed by atoms with Gasteiger partial charge in [0, 0.05) is 33.5 Å². The van der Waals surface area contributed by atoms with Crippen molar-refractivity contribution in [3.63, 3.8) is 0 Å². The molecule has 0 atom stereocenters. The Bertz CT molecular complexity index is 443. The first-order chi connectivity index (χ1) is 7.50. The van der Waals surface area contributed by atoms with Crippen LogP contribution in [0, 0.1) is 0 Å². The third-order valence-corrected chi connectivity index (χ3v) is 3.88. The Balaban J connectivity index is 2.61. The van der Waals surface area contributed by atoms with E-state index >= 15 is 0 Å². The van der Waals surface area contributed by atoms with E-state index in [1.54, 1.807) is 0 Å². The molecule has 16 heavy (non-hydrogen) atoms. The lowest BCUT2D eigenvalue weighted by molar-refractivity contribution is 0.0979. The van der Waals surface area contributed by atoms with Crippen molar-refractivity contribution in [1.29, 1.82) is 0 Å². The predicted molar refractivity (Wildman–Crippen MR) is 73.3 cm³/mol. The van der Waals surface area contributed by atoms with Gasteiger partial charge in [-0.3, -0.25) is 4.79 Å². The minimum absolute atomic E-state index is 0.230. The van der Waals surface area contributed by atoms with Crippen LogP contribution in [-0.4, -0.2) is 18.4 Å². The van der Waals surface area contributed by atoms with Crippen LogP contribution in [0.2, 0.25) is 0 Å². The summed E-state index contributed by atoms with van der Waals surface area (Å²) in [7, 11) is 0.